The maximum atomic E-state index is 12.0. The first-order valence-electron chi connectivity index (χ1n) is 7.81. The molecular formula is C16H20N4O4. The number of amides is 1. The Labute approximate surface area is 139 Å². The molecule has 1 saturated carbocycles. The summed E-state index contributed by atoms with van der Waals surface area (Å²) in [6.45, 7) is 1.26. The van der Waals surface area contributed by atoms with Crippen molar-refractivity contribution in [3.63, 3.8) is 0 Å². The van der Waals surface area contributed by atoms with Crippen LogP contribution in [0.3, 0.4) is 0 Å². The summed E-state index contributed by atoms with van der Waals surface area (Å²) >= 11 is 0. The van der Waals surface area contributed by atoms with Gasteiger partial charge in [0.2, 0.25) is 0 Å². The van der Waals surface area contributed by atoms with Crippen molar-refractivity contribution in [2.45, 2.75) is 44.8 Å². The molecule has 1 aliphatic rings. The summed E-state index contributed by atoms with van der Waals surface area (Å²) in [7, 11) is 0. The number of ether oxygens (including phenoxy) is 2. The van der Waals surface area contributed by atoms with E-state index in [0.29, 0.717) is 11.3 Å². The van der Waals surface area contributed by atoms with Crippen LogP contribution in [0.1, 0.15) is 44.3 Å². The zero-order valence-corrected chi connectivity index (χ0v) is 13.5. The second-order valence-electron chi connectivity index (χ2n) is 5.60. The summed E-state index contributed by atoms with van der Waals surface area (Å²) in [5.74, 6) is 0.225. The molecule has 0 radical (unpaired) electrons. The highest BCUT2D eigenvalue weighted by atomic mass is 16.6. The molecule has 1 N–H and O–H groups in total. The van der Waals surface area contributed by atoms with Crippen LogP contribution < -0.4 is 10.1 Å². The van der Waals surface area contributed by atoms with E-state index in [4.69, 9.17) is 15.0 Å². The second-order valence-corrected chi connectivity index (χ2v) is 5.60. The Balaban J connectivity index is 1.97. The van der Waals surface area contributed by atoms with Crippen LogP contribution in [0.2, 0.25) is 0 Å². The average Bonchev–Trinajstić information content (AvgIpc) is 3.06. The summed E-state index contributed by atoms with van der Waals surface area (Å²) in [5.41, 5.74) is 8.75. The topological polar surface area (TPSA) is 113 Å². The Bertz CT molecular complexity index is 619. The van der Waals surface area contributed by atoms with Gasteiger partial charge in [-0.05, 0) is 37.4 Å². The van der Waals surface area contributed by atoms with Gasteiger partial charge in [-0.25, -0.2) is 4.79 Å². The third-order valence-electron chi connectivity index (χ3n) is 3.81. The summed E-state index contributed by atoms with van der Waals surface area (Å²) in [5, 5.41) is 6.06. The average molecular weight is 332 g/mol. The van der Waals surface area contributed by atoms with Crippen LogP contribution in [-0.4, -0.2) is 24.6 Å². The lowest BCUT2D eigenvalue weighted by atomic mass is 10.1. The van der Waals surface area contributed by atoms with Crippen molar-refractivity contribution in [2.75, 3.05) is 6.73 Å². The van der Waals surface area contributed by atoms with Gasteiger partial charge in [0.1, 0.15) is 5.75 Å². The predicted molar refractivity (Wildman–Crippen MR) is 86.4 cm³/mol. The summed E-state index contributed by atoms with van der Waals surface area (Å²) < 4.78 is 10.5. The molecule has 1 aromatic rings. The predicted octanol–water partition coefficient (Wildman–Crippen LogP) is 3.63. The quantitative estimate of drug-likeness (QED) is 0.466. The molecule has 0 aromatic heterocycles. The number of Topliss-reactive ketones (excluding diaryl/α,β-unsaturated/α-hetero) is 1. The van der Waals surface area contributed by atoms with Crippen LogP contribution in [0.25, 0.3) is 10.4 Å². The van der Waals surface area contributed by atoms with Gasteiger partial charge in [-0.1, -0.05) is 30.1 Å². The van der Waals surface area contributed by atoms with Crippen molar-refractivity contribution in [3.8, 4) is 5.75 Å². The second kappa shape index (κ2) is 8.79. The Hall–Kier alpha value is -2.73. The maximum Gasteiger partial charge on any atom is 0.408 e. The van der Waals surface area contributed by atoms with E-state index in [2.05, 4.69) is 15.3 Å². The molecule has 1 aliphatic carbocycles. The number of hydrogen-bond donors (Lipinski definition) is 1. The van der Waals surface area contributed by atoms with Gasteiger partial charge >= 0.3 is 6.09 Å². The molecule has 0 heterocycles. The van der Waals surface area contributed by atoms with Crippen molar-refractivity contribution in [1.82, 2.24) is 5.32 Å². The van der Waals surface area contributed by atoms with Gasteiger partial charge in [-0.3, -0.25) is 4.79 Å². The van der Waals surface area contributed by atoms with Gasteiger partial charge < -0.3 is 14.8 Å². The van der Waals surface area contributed by atoms with Crippen molar-refractivity contribution in [1.29, 1.82) is 0 Å². The minimum absolute atomic E-state index is 0.119. The highest BCUT2D eigenvalue weighted by molar-refractivity contribution is 5.84. The van der Waals surface area contributed by atoms with Crippen LogP contribution in [-0.2, 0) is 9.53 Å². The monoisotopic (exact) mass is 332 g/mol. The maximum absolute atomic E-state index is 12.0. The molecule has 0 saturated heterocycles. The zero-order valence-electron chi connectivity index (χ0n) is 13.5. The largest absolute Gasteiger partial charge is 0.488 e. The van der Waals surface area contributed by atoms with E-state index in [0.717, 1.165) is 25.7 Å². The number of azide groups is 1. The van der Waals surface area contributed by atoms with E-state index in [1.54, 1.807) is 24.3 Å². The van der Waals surface area contributed by atoms with E-state index in [1.807, 2.05) is 0 Å². The van der Waals surface area contributed by atoms with Gasteiger partial charge in [0.15, 0.2) is 18.6 Å². The fourth-order valence-corrected chi connectivity index (χ4v) is 2.63. The van der Waals surface area contributed by atoms with E-state index in [9.17, 15) is 9.59 Å². The first-order chi connectivity index (χ1) is 11.6. The minimum atomic E-state index is -0.961. The van der Waals surface area contributed by atoms with Crippen LogP contribution in [0.5, 0.6) is 5.75 Å². The van der Waals surface area contributed by atoms with Crippen molar-refractivity contribution >= 4 is 11.9 Å². The minimum Gasteiger partial charge on any atom is -0.488 e. The fourth-order valence-electron chi connectivity index (χ4n) is 2.63. The number of alkyl carbamates (subject to hydrolysis) is 1. The molecule has 1 atom stereocenters. The van der Waals surface area contributed by atoms with Crippen molar-refractivity contribution < 1.29 is 19.1 Å². The molecule has 24 heavy (non-hydrogen) atoms. The van der Waals surface area contributed by atoms with Gasteiger partial charge in [-0.2, -0.15) is 0 Å². The fraction of sp³-hybridized carbons (Fsp3) is 0.500. The lowest BCUT2D eigenvalue weighted by Crippen LogP contribution is -2.35. The molecule has 0 bridgehead atoms. The van der Waals surface area contributed by atoms with Gasteiger partial charge in [-0.15, -0.1) is 0 Å². The molecule has 0 spiro atoms. The summed E-state index contributed by atoms with van der Waals surface area (Å²) in [4.78, 5) is 26.4. The lowest BCUT2D eigenvalue weighted by molar-refractivity contribution is -0.125. The van der Waals surface area contributed by atoms with Gasteiger partial charge in [0.05, 0.1) is 0 Å². The third-order valence-corrected chi connectivity index (χ3v) is 3.81. The van der Waals surface area contributed by atoms with Crippen LogP contribution in [0.15, 0.2) is 29.4 Å². The number of nitrogens with zero attached hydrogens (tertiary/aromatic N) is 3. The Morgan fingerprint density at radius 3 is 2.58 bits per heavy atom. The number of nitrogens with one attached hydrogen (secondary N) is 1. The molecule has 1 fully saturated rings. The number of ketones is 1. The first-order valence-corrected chi connectivity index (χ1v) is 7.81. The molecule has 8 heteroatoms. The number of carbonyl (C=O) groups is 2. The first kappa shape index (κ1) is 17.6. The Morgan fingerprint density at radius 1 is 1.33 bits per heavy atom. The molecule has 8 nitrogen and oxygen atoms in total. The smallest absolute Gasteiger partial charge is 0.408 e. The third kappa shape index (κ3) is 5.17. The SMILES string of the molecule is CC(=O)C(OC(=O)NC1CCCC1)c1ccc(OCN=[N+]=[N-])cc1. The number of benzene rings is 1. The van der Waals surface area contributed by atoms with Crippen molar-refractivity contribution in [2.24, 2.45) is 5.11 Å². The highest BCUT2D eigenvalue weighted by Gasteiger charge is 2.24. The van der Waals surface area contributed by atoms with E-state index in [1.165, 1.54) is 6.92 Å². The highest BCUT2D eigenvalue weighted by Crippen LogP contribution is 2.23. The molecule has 1 aromatic carbocycles. The van der Waals surface area contributed by atoms with Crippen LogP contribution in [0.4, 0.5) is 4.79 Å². The molecular weight excluding hydrogens is 312 g/mol. The van der Waals surface area contributed by atoms with E-state index < -0.39 is 12.2 Å². The zero-order chi connectivity index (χ0) is 17.4. The Morgan fingerprint density at radius 2 is 2.00 bits per heavy atom. The van der Waals surface area contributed by atoms with Gasteiger partial charge in [0, 0.05) is 16.5 Å². The summed E-state index contributed by atoms with van der Waals surface area (Å²) in [6.07, 6.45) is 2.54. The van der Waals surface area contributed by atoms with E-state index >= 15 is 0 Å². The van der Waals surface area contributed by atoms with E-state index in [-0.39, 0.29) is 18.6 Å². The number of rotatable bonds is 7. The van der Waals surface area contributed by atoms with Gasteiger partial charge in [0.25, 0.3) is 0 Å². The van der Waals surface area contributed by atoms with Crippen LogP contribution in [0, 0.1) is 0 Å². The molecule has 0 aliphatic heterocycles. The summed E-state index contributed by atoms with van der Waals surface area (Å²) in [6, 6.07) is 6.65. The Kier molecular flexibility index (Phi) is 6.45. The molecule has 2 rings (SSSR count). The number of carbonyl (C=O) groups excluding carboxylic acids is 2. The molecule has 1 amide bonds. The molecule has 128 valence electrons. The van der Waals surface area contributed by atoms with Crippen molar-refractivity contribution in [3.05, 3.63) is 40.3 Å². The standard InChI is InChI=1S/C16H20N4O4/c1-11(21)15(24-16(22)19-13-4-2-3-5-13)12-6-8-14(9-7-12)23-10-18-20-17/h6-9,13,15H,2-5,10H2,1H3,(H,19,22). The number of hydrogen-bond acceptors (Lipinski definition) is 5. The normalized spacial score (nSPS) is 15.2. The molecule has 1 unspecified atom stereocenters. The lowest BCUT2D eigenvalue weighted by Gasteiger charge is -2.18. The van der Waals surface area contributed by atoms with Crippen LogP contribution >= 0.6 is 0 Å².